The predicted molar refractivity (Wildman–Crippen MR) is 106 cm³/mol. The van der Waals surface area contributed by atoms with E-state index in [1.165, 1.54) is 11.3 Å². The van der Waals surface area contributed by atoms with Crippen LogP contribution in [0.25, 0.3) is 0 Å². The molecule has 6 heteroatoms. The number of Topliss-reactive ketones (excluding diaryl/α,β-unsaturated/α-hetero) is 2. The Morgan fingerprint density at radius 3 is 2.70 bits per heavy atom. The summed E-state index contributed by atoms with van der Waals surface area (Å²) in [6.07, 6.45) is 1.87. The molecule has 5 nitrogen and oxygen atoms in total. The molecule has 0 radical (unpaired) electrons. The maximum Gasteiger partial charge on any atom is 0.170 e. The van der Waals surface area contributed by atoms with E-state index in [-0.39, 0.29) is 17.5 Å². The van der Waals surface area contributed by atoms with Crippen LogP contribution in [0.3, 0.4) is 0 Å². The van der Waals surface area contributed by atoms with Crippen LogP contribution in [0.5, 0.6) is 11.5 Å². The molecule has 1 fully saturated rings. The largest absolute Gasteiger partial charge is 0.497 e. The zero-order valence-electron chi connectivity index (χ0n) is 16.0. The summed E-state index contributed by atoms with van der Waals surface area (Å²) >= 11 is 1.49. The lowest BCUT2D eigenvalue weighted by Gasteiger charge is -2.32. The number of hydrogen-bond acceptors (Lipinski definition) is 6. The summed E-state index contributed by atoms with van der Waals surface area (Å²) in [5.41, 5.74) is 1.75. The molecule has 1 aromatic heterocycles. The Labute approximate surface area is 163 Å². The summed E-state index contributed by atoms with van der Waals surface area (Å²) in [6, 6.07) is 7.30. The number of carbonyl (C=O) groups is 2. The normalized spacial score (nSPS) is 17.5. The van der Waals surface area contributed by atoms with Gasteiger partial charge >= 0.3 is 0 Å². The van der Waals surface area contributed by atoms with Gasteiger partial charge in [-0.3, -0.25) is 14.5 Å². The molecule has 1 aliphatic rings. The van der Waals surface area contributed by atoms with Gasteiger partial charge in [0.25, 0.3) is 0 Å². The van der Waals surface area contributed by atoms with E-state index in [9.17, 15) is 9.59 Å². The van der Waals surface area contributed by atoms with Crippen molar-refractivity contribution in [2.45, 2.75) is 26.3 Å². The van der Waals surface area contributed by atoms with Crippen LogP contribution in [0.15, 0.2) is 29.6 Å². The van der Waals surface area contributed by atoms with Crippen LogP contribution in [0, 0.1) is 5.92 Å². The van der Waals surface area contributed by atoms with E-state index >= 15 is 0 Å². The molecule has 2 aromatic rings. The average molecular weight is 388 g/mol. The second-order valence-corrected chi connectivity index (χ2v) is 7.79. The first kappa shape index (κ1) is 19.6. The SMILES string of the molecule is COc1ccc(C(=O)[C@H]2CCCN(Cc3csc(C(C)=O)c3)C2)c(OC)c1. The molecule has 2 heterocycles. The van der Waals surface area contributed by atoms with E-state index in [2.05, 4.69) is 4.90 Å². The lowest BCUT2D eigenvalue weighted by atomic mass is 9.89. The van der Waals surface area contributed by atoms with Crippen molar-refractivity contribution in [3.63, 3.8) is 0 Å². The Balaban J connectivity index is 1.70. The molecule has 0 N–H and O–H groups in total. The summed E-state index contributed by atoms with van der Waals surface area (Å²) < 4.78 is 10.6. The quantitative estimate of drug-likeness (QED) is 0.671. The van der Waals surface area contributed by atoms with Crippen LogP contribution in [0.4, 0.5) is 0 Å². The summed E-state index contributed by atoms with van der Waals surface area (Å²) in [5, 5.41) is 2.04. The number of benzene rings is 1. The number of rotatable bonds is 7. The van der Waals surface area contributed by atoms with E-state index in [4.69, 9.17) is 9.47 Å². The van der Waals surface area contributed by atoms with Gasteiger partial charge in [-0.15, -0.1) is 11.3 Å². The zero-order valence-corrected chi connectivity index (χ0v) is 16.8. The molecule has 1 saturated heterocycles. The molecule has 3 rings (SSSR count). The van der Waals surface area contributed by atoms with E-state index in [0.717, 1.165) is 42.9 Å². The van der Waals surface area contributed by atoms with Gasteiger partial charge in [0.1, 0.15) is 11.5 Å². The number of ether oxygens (including phenoxy) is 2. The summed E-state index contributed by atoms with van der Waals surface area (Å²) in [5.74, 6) is 1.40. The van der Waals surface area contributed by atoms with Crippen molar-refractivity contribution >= 4 is 22.9 Å². The molecule has 144 valence electrons. The highest BCUT2D eigenvalue weighted by atomic mass is 32.1. The van der Waals surface area contributed by atoms with Gasteiger partial charge < -0.3 is 9.47 Å². The minimum atomic E-state index is -0.0491. The van der Waals surface area contributed by atoms with Crippen molar-refractivity contribution < 1.29 is 19.1 Å². The van der Waals surface area contributed by atoms with E-state index in [1.807, 2.05) is 11.4 Å². The second kappa shape index (κ2) is 8.67. The number of methoxy groups -OCH3 is 2. The van der Waals surface area contributed by atoms with Crippen LogP contribution in [0.2, 0.25) is 0 Å². The van der Waals surface area contributed by atoms with Crippen molar-refractivity contribution in [3.05, 3.63) is 45.6 Å². The predicted octanol–water partition coefficient (Wildman–Crippen LogP) is 4.06. The molecule has 0 aliphatic carbocycles. The van der Waals surface area contributed by atoms with E-state index < -0.39 is 0 Å². The van der Waals surface area contributed by atoms with Gasteiger partial charge in [0, 0.05) is 25.1 Å². The number of piperidine rings is 1. The third kappa shape index (κ3) is 4.57. The van der Waals surface area contributed by atoms with Crippen molar-refractivity contribution in [3.8, 4) is 11.5 Å². The van der Waals surface area contributed by atoms with E-state index in [0.29, 0.717) is 17.1 Å². The van der Waals surface area contributed by atoms with Gasteiger partial charge in [0.05, 0.1) is 24.7 Å². The molecule has 0 unspecified atom stereocenters. The van der Waals surface area contributed by atoms with Gasteiger partial charge in [0.15, 0.2) is 11.6 Å². The molecule has 1 atom stereocenters. The first-order valence-corrected chi connectivity index (χ1v) is 9.96. The van der Waals surface area contributed by atoms with Crippen molar-refractivity contribution in [2.75, 3.05) is 27.3 Å². The molecule has 0 amide bonds. The van der Waals surface area contributed by atoms with Gasteiger partial charge in [-0.25, -0.2) is 0 Å². The first-order valence-electron chi connectivity index (χ1n) is 9.08. The smallest absolute Gasteiger partial charge is 0.170 e. The topological polar surface area (TPSA) is 55.8 Å². The Hall–Kier alpha value is -2.18. The van der Waals surface area contributed by atoms with Crippen LogP contribution >= 0.6 is 11.3 Å². The van der Waals surface area contributed by atoms with Gasteiger partial charge in [-0.1, -0.05) is 0 Å². The van der Waals surface area contributed by atoms with Crippen LogP contribution < -0.4 is 9.47 Å². The molecule has 1 aliphatic heterocycles. The third-order valence-electron chi connectivity index (χ3n) is 4.96. The number of ketones is 2. The average Bonchev–Trinajstić information content (AvgIpc) is 3.16. The van der Waals surface area contributed by atoms with Crippen LogP contribution in [0.1, 0.15) is 45.4 Å². The van der Waals surface area contributed by atoms with E-state index in [1.54, 1.807) is 39.3 Å². The second-order valence-electron chi connectivity index (χ2n) is 6.88. The fourth-order valence-electron chi connectivity index (χ4n) is 3.54. The molecule has 1 aromatic carbocycles. The summed E-state index contributed by atoms with van der Waals surface area (Å²) in [6.45, 7) is 4.05. The molecular weight excluding hydrogens is 362 g/mol. The van der Waals surface area contributed by atoms with Gasteiger partial charge in [0.2, 0.25) is 0 Å². The minimum Gasteiger partial charge on any atom is -0.497 e. The van der Waals surface area contributed by atoms with Gasteiger partial charge in [-0.2, -0.15) is 0 Å². The fraction of sp³-hybridized carbons (Fsp3) is 0.429. The number of nitrogens with zero attached hydrogens (tertiary/aromatic N) is 1. The highest BCUT2D eigenvalue weighted by Crippen LogP contribution is 2.30. The highest BCUT2D eigenvalue weighted by molar-refractivity contribution is 7.12. The van der Waals surface area contributed by atoms with Crippen LogP contribution in [-0.4, -0.2) is 43.8 Å². The number of thiophene rings is 1. The summed E-state index contributed by atoms with van der Waals surface area (Å²) in [4.78, 5) is 27.7. The molecule has 27 heavy (non-hydrogen) atoms. The zero-order chi connectivity index (χ0) is 19.4. The Morgan fingerprint density at radius 1 is 1.22 bits per heavy atom. The molecule has 0 bridgehead atoms. The standard InChI is InChI=1S/C21H25NO4S/c1-14(23)20-9-15(13-27-20)11-22-8-4-5-16(12-22)21(24)18-7-6-17(25-2)10-19(18)26-3/h6-7,9-10,13,16H,4-5,8,11-12H2,1-3H3/t16-/m0/s1. The van der Waals surface area contributed by atoms with Crippen LogP contribution in [-0.2, 0) is 6.54 Å². The Kier molecular flexibility index (Phi) is 6.29. The monoisotopic (exact) mass is 387 g/mol. The highest BCUT2D eigenvalue weighted by Gasteiger charge is 2.28. The van der Waals surface area contributed by atoms with Crippen molar-refractivity contribution in [2.24, 2.45) is 5.92 Å². The lowest BCUT2D eigenvalue weighted by Crippen LogP contribution is -2.38. The van der Waals surface area contributed by atoms with Crippen molar-refractivity contribution in [1.29, 1.82) is 0 Å². The molecular formula is C21H25NO4S. The Morgan fingerprint density at radius 2 is 2.04 bits per heavy atom. The summed E-state index contributed by atoms with van der Waals surface area (Å²) in [7, 11) is 3.17. The molecule has 0 spiro atoms. The Bertz CT molecular complexity index is 829. The number of carbonyl (C=O) groups excluding carboxylic acids is 2. The maximum atomic E-state index is 13.1. The first-order chi connectivity index (χ1) is 13.0. The molecule has 0 saturated carbocycles. The minimum absolute atomic E-state index is 0.0491. The third-order valence-corrected chi connectivity index (χ3v) is 6.04. The lowest BCUT2D eigenvalue weighted by molar-refractivity contribution is 0.0808. The fourth-order valence-corrected chi connectivity index (χ4v) is 4.34. The van der Waals surface area contributed by atoms with Crippen molar-refractivity contribution in [1.82, 2.24) is 4.90 Å². The number of hydrogen-bond donors (Lipinski definition) is 0. The number of likely N-dealkylation sites (tertiary alicyclic amines) is 1. The maximum absolute atomic E-state index is 13.1. The van der Waals surface area contributed by atoms with Gasteiger partial charge in [-0.05, 0) is 55.5 Å².